The van der Waals surface area contributed by atoms with Crippen LogP contribution in [0, 0.1) is 6.92 Å². The molecule has 1 aromatic rings. The molecule has 1 fully saturated rings. The van der Waals surface area contributed by atoms with Crippen molar-refractivity contribution < 1.29 is 9.47 Å². The van der Waals surface area contributed by atoms with Crippen LogP contribution >= 0.6 is 0 Å². The smallest absolute Gasteiger partial charge is 0.119 e. The van der Waals surface area contributed by atoms with Gasteiger partial charge in [-0.15, -0.1) is 0 Å². The predicted octanol–water partition coefficient (Wildman–Crippen LogP) is 3.90. The molecular weight excluding hydrogens is 262 g/mol. The highest BCUT2D eigenvalue weighted by Crippen LogP contribution is 2.14. The molecule has 3 heteroatoms. The fraction of sp³-hybridized carbons (Fsp3) is 0.667. The fourth-order valence-corrected chi connectivity index (χ4v) is 2.46. The molecule has 0 amide bonds. The molecule has 0 atom stereocenters. The number of piperidine rings is 1. The molecule has 0 spiro atoms. The zero-order valence-electron chi connectivity index (χ0n) is 14.1. The van der Waals surface area contributed by atoms with Crippen LogP contribution in [0.25, 0.3) is 0 Å². The number of hydrogen-bond acceptors (Lipinski definition) is 3. The minimum absolute atomic E-state index is 0.472. The van der Waals surface area contributed by atoms with Gasteiger partial charge >= 0.3 is 0 Å². The summed E-state index contributed by atoms with van der Waals surface area (Å²) >= 11 is 0. The van der Waals surface area contributed by atoms with E-state index in [4.69, 9.17) is 9.47 Å². The van der Waals surface area contributed by atoms with Gasteiger partial charge < -0.3 is 9.47 Å². The van der Waals surface area contributed by atoms with Crippen LogP contribution in [-0.2, 0) is 4.74 Å². The Labute approximate surface area is 130 Å². The van der Waals surface area contributed by atoms with Gasteiger partial charge in [-0.1, -0.05) is 31.5 Å². The zero-order chi connectivity index (χ0) is 15.5. The van der Waals surface area contributed by atoms with Gasteiger partial charge in [0.15, 0.2) is 0 Å². The summed E-state index contributed by atoms with van der Waals surface area (Å²) in [5.74, 6) is 0.967. The monoisotopic (exact) mass is 293 g/mol. The van der Waals surface area contributed by atoms with E-state index >= 15 is 0 Å². The van der Waals surface area contributed by atoms with Crippen LogP contribution in [0.5, 0.6) is 5.75 Å². The van der Waals surface area contributed by atoms with Crippen LogP contribution in [0.1, 0.15) is 39.2 Å². The Morgan fingerprint density at radius 3 is 2.29 bits per heavy atom. The topological polar surface area (TPSA) is 21.7 Å². The van der Waals surface area contributed by atoms with Crippen LogP contribution in [0.15, 0.2) is 24.3 Å². The van der Waals surface area contributed by atoms with Crippen molar-refractivity contribution in [3.8, 4) is 5.75 Å². The van der Waals surface area contributed by atoms with Gasteiger partial charge in [-0.2, -0.15) is 0 Å². The molecule has 0 bridgehead atoms. The van der Waals surface area contributed by atoms with E-state index in [1.807, 2.05) is 26.0 Å². The van der Waals surface area contributed by atoms with E-state index in [0.717, 1.165) is 51.4 Å². The lowest BCUT2D eigenvalue weighted by Gasteiger charge is -2.31. The molecular formula is C18H31NO2. The number of ether oxygens (including phenoxy) is 2. The Bertz CT molecular complexity index is 356. The largest absolute Gasteiger partial charge is 0.492 e. The average Bonchev–Trinajstić information content (AvgIpc) is 2.53. The molecule has 0 aliphatic carbocycles. The summed E-state index contributed by atoms with van der Waals surface area (Å²) < 4.78 is 11.4. The van der Waals surface area contributed by atoms with E-state index in [9.17, 15) is 0 Å². The molecule has 120 valence electrons. The van der Waals surface area contributed by atoms with Crippen molar-refractivity contribution in [2.75, 3.05) is 32.8 Å². The van der Waals surface area contributed by atoms with Gasteiger partial charge in [-0.05, 0) is 38.8 Å². The van der Waals surface area contributed by atoms with Crippen LogP contribution < -0.4 is 4.74 Å². The molecule has 1 aliphatic heterocycles. The maximum absolute atomic E-state index is 5.77. The Morgan fingerprint density at radius 1 is 1.10 bits per heavy atom. The highest BCUT2D eigenvalue weighted by atomic mass is 16.5. The summed E-state index contributed by atoms with van der Waals surface area (Å²) in [6.07, 6.45) is 2.77. The summed E-state index contributed by atoms with van der Waals surface area (Å²) in [7, 11) is 0. The van der Waals surface area contributed by atoms with Gasteiger partial charge in [-0.3, -0.25) is 4.90 Å². The first-order chi connectivity index (χ1) is 10.3. The minimum Gasteiger partial charge on any atom is -0.492 e. The third-order valence-corrected chi connectivity index (χ3v) is 3.63. The first-order valence-corrected chi connectivity index (χ1v) is 8.31. The molecule has 0 radical (unpaired) electrons. The second kappa shape index (κ2) is 10.6. The van der Waals surface area contributed by atoms with Crippen molar-refractivity contribution in [1.82, 2.24) is 4.90 Å². The SMILES string of the molecule is CC.CCOC1CCN(CCOc2ccc(C)cc2)CC1. The van der Waals surface area contributed by atoms with Crippen LogP contribution in [0.2, 0.25) is 0 Å². The van der Waals surface area contributed by atoms with Gasteiger partial charge in [0, 0.05) is 26.2 Å². The number of rotatable bonds is 6. The minimum atomic E-state index is 0.472. The van der Waals surface area contributed by atoms with Crippen LogP contribution in [-0.4, -0.2) is 43.9 Å². The molecule has 21 heavy (non-hydrogen) atoms. The lowest BCUT2D eigenvalue weighted by molar-refractivity contribution is 0.0119. The third kappa shape index (κ3) is 6.96. The lowest BCUT2D eigenvalue weighted by Crippen LogP contribution is -2.39. The van der Waals surface area contributed by atoms with E-state index in [0.29, 0.717) is 6.10 Å². The maximum atomic E-state index is 5.77. The molecule has 2 rings (SSSR count). The molecule has 3 nitrogen and oxygen atoms in total. The highest BCUT2D eigenvalue weighted by Gasteiger charge is 2.18. The first-order valence-electron chi connectivity index (χ1n) is 8.31. The molecule has 0 aromatic heterocycles. The van der Waals surface area contributed by atoms with Crippen LogP contribution in [0.3, 0.4) is 0 Å². The Balaban J connectivity index is 0.00000106. The van der Waals surface area contributed by atoms with E-state index in [2.05, 4.69) is 30.9 Å². The first kappa shape index (κ1) is 18.0. The lowest BCUT2D eigenvalue weighted by atomic mass is 10.1. The van der Waals surface area contributed by atoms with Crippen LogP contribution in [0.4, 0.5) is 0 Å². The third-order valence-electron chi connectivity index (χ3n) is 3.63. The van der Waals surface area contributed by atoms with Gasteiger partial charge in [0.05, 0.1) is 6.10 Å². The molecule has 1 saturated heterocycles. The summed E-state index contributed by atoms with van der Waals surface area (Å²) in [6.45, 7) is 13.0. The quantitative estimate of drug-likeness (QED) is 0.794. The molecule has 1 heterocycles. The normalized spacial score (nSPS) is 16.2. The summed E-state index contributed by atoms with van der Waals surface area (Å²) in [4.78, 5) is 2.46. The van der Waals surface area contributed by atoms with Gasteiger partial charge in [0.1, 0.15) is 12.4 Å². The molecule has 1 aliphatic rings. The number of aryl methyl sites for hydroxylation is 1. The molecule has 0 N–H and O–H groups in total. The van der Waals surface area contributed by atoms with Crippen molar-refractivity contribution in [3.05, 3.63) is 29.8 Å². The number of likely N-dealkylation sites (tertiary alicyclic amines) is 1. The van der Waals surface area contributed by atoms with Gasteiger partial charge in [-0.25, -0.2) is 0 Å². The second-order valence-corrected chi connectivity index (χ2v) is 5.16. The van der Waals surface area contributed by atoms with E-state index in [-0.39, 0.29) is 0 Å². The number of nitrogens with zero attached hydrogens (tertiary/aromatic N) is 1. The van der Waals surface area contributed by atoms with Crippen molar-refractivity contribution in [3.63, 3.8) is 0 Å². The molecule has 0 saturated carbocycles. The van der Waals surface area contributed by atoms with Gasteiger partial charge in [0.2, 0.25) is 0 Å². The zero-order valence-corrected chi connectivity index (χ0v) is 14.1. The van der Waals surface area contributed by atoms with Gasteiger partial charge in [0.25, 0.3) is 0 Å². The van der Waals surface area contributed by atoms with Crippen molar-refractivity contribution in [1.29, 1.82) is 0 Å². The standard InChI is InChI=1S/C16H25NO2.C2H6/c1-3-18-16-8-10-17(11-9-16)12-13-19-15-6-4-14(2)5-7-15;1-2/h4-7,16H,3,8-13H2,1-2H3;1-2H3. The fourth-order valence-electron chi connectivity index (χ4n) is 2.46. The van der Waals surface area contributed by atoms with Crippen molar-refractivity contribution in [2.45, 2.75) is 46.6 Å². The van der Waals surface area contributed by atoms with E-state index < -0.39 is 0 Å². The van der Waals surface area contributed by atoms with Crippen molar-refractivity contribution >= 4 is 0 Å². The summed E-state index contributed by atoms with van der Waals surface area (Å²) in [5, 5.41) is 0. The van der Waals surface area contributed by atoms with E-state index in [1.165, 1.54) is 5.56 Å². The number of hydrogen-bond donors (Lipinski definition) is 0. The molecule has 0 unspecified atom stereocenters. The predicted molar refractivity (Wildman–Crippen MR) is 89.1 cm³/mol. The summed E-state index contributed by atoms with van der Waals surface area (Å²) in [5.41, 5.74) is 1.27. The Hall–Kier alpha value is -1.06. The Kier molecular flexibility index (Phi) is 9.11. The number of benzene rings is 1. The highest BCUT2D eigenvalue weighted by molar-refractivity contribution is 5.26. The maximum Gasteiger partial charge on any atom is 0.119 e. The Morgan fingerprint density at radius 2 is 1.71 bits per heavy atom. The molecule has 1 aromatic carbocycles. The second-order valence-electron chi connectivity index (χ2n) is 5.16. The summed E-state index contributed by atoms with van der Waals surface area (Å²) in [6, 6.07) is 8.25. The average molecular weight is 293 g/mol. The van der Waals surface area contributed by atoms with E-state index in [1.54, 1.807) is 0 Å². The van der Waals surface area contributed by atoms with Crippen molar-refractivity contribution in [2.24, 2.45) is 0 Å².